The molecule has 0 radical (unpaired) electrons. The fourth-order valence-corrected chi connectivity index (χ4v) is 7.91. The molecule has 2 fully saturated rings. The van der Waals surface area contributed by atoms with Gasteiger partial charge >= 0.3 is 11.8 Å². The average Bonchev–Trinajstić information content (AvgIpc) is 3.87. The van der Waals surface area contributed by atoms with Crippen LogP contribution in [0.5, 0.6) is 23.0 Å². The summed E-state index contributed by atoms with van der Waals surface area (Å²) < 4.78 is 62.2. The van der Waals surface area contributed by atoms with Crippen LogP contribution in [0.1, 0.15) is 25.8 Å². The fraction of sp³-hybridized carbons (Fsp3) is 0.441. The predicted molar refractivity (Wildman–Crippen MR) is 183 cm³/mol. The van der Waals surface area contributed by atoms with Crippen molar-refractivity contribution in [2.45, 2.75) is 56.1 Å². The molecule has 2 N–H and O–H groups in total. The number of nitrogens with zero attached hydrogens (tertiary/aromatic N) is 3. The number of rotatable bonds is 15. The molecule has 5 atom stereocenters. The molecule has 0 bridgehead atoms. The molecule has 18 nitrogen and oxygen atoms in total. The van der Waals surface area contributed by atoms with Crippen LogP contribution in [0, 0.1) is 32.1 Å². The van der Waals surface area contributed by atoms with Gasteiger partial charge in [0.05, 0.1) is 52.1 Å². The van der Waals surface area contributed by atoms with Crippen LogP contribution in [-0.2, 0) is 30.7 Å². The number of nitrogens with one attached hydrogen (secondary N) is 1. The Labute approximate surface area is 303 Å². The molecule has 3 heterocycles. The quantitative estimate of drug-likeness (QED) is 0.164. The maximum Gasteiger partial charge on any atom is 0.407 e. The van der Waals surface area contributed by atoms with Gasteiger partial charge in [-0.2, -0.15) is 4.31 Å². The molecule has 3 aliphatic rings. The topological polar surface area (TPSA) is 228 Å². The SMILES string of the molecule is CC(C)CN(C[C@@H](O)[C@H](Cc1ccc(Oc2ccc([N+](=O)[O-])cc2[N+](=O)[O-])cc1)NC(=O)OC1CO[C@H]2OCC[C@@H]12)S(=O)(=O)c1ccc2c(c1)OCO2. The lowest BCUT2D eigenvalue weighted by Crippen LogP contribution is -2.51. The highest BCUT2D eigenvalue weighted by Gasteiger charge is 2.44. The minimum absolute atomic E-state index is 0.00411. The molecular formula is C34H38N4O14S. The zero-order chi connectivity index (χ0) is 37.9. The molecule has 6 rings (SSSR count). The Hall–Kier alpha value is -5.08. The Morgan fingerprint density at radius 1 is 1.00 bits per heavy atom. The minimum atomic E-state index is -4.17. The third-order valence-electron chi connectivity index (χ3n) is 8.91. The van der Waals surface area contributed by atoms with Gasteiger partial charge in [0.1, 0.15) is 11.9 Å². The first-order valence-corrected chi connectivity index (χ1v) is 18.2. The minimum Gasteiger partial charge on any atom is -0.454 e. The van der Waals surface area contributed by atoms with E-state index in [1.165, 1.54) is 30.3 Å². The van der Waals surface area contributed by atoms with E-state index in [-0.39, 0.29) is 60.3 Å². The maximum absolute atomic E-state index is 13.9. The van der Waals surface area contributed by atoms with Crippen molar-refractivity contribution in [1.29, 1.82) is 0 Å². The number of benzene rings is 3. The summed E-state index contributed by atoms with van der Waals surface area (Å²) >= 11 is 0. The molecule has 2 saturated heterocycles. The third kappa shape index (κ3) is 8.77. The summed E-state index contributed by atoms with van der Waals surface area (Å²) in [5.74, 6) is 0.364. The second-order valence-electron chi connectivity index (χ2n) is 13.1. The Morgan fingerprint density at radius 2 is 1.75 bits per heavy atom. The Balaban J connectivity index is 1.21. The standard InChI is InChI=1S/C34H38N4O14S/c1-20(2)16-36(53(45,46)24-8-10-30-31(15-24)50-19-49-30)17-28(39)26(35-34(40)52-32-18-48-33-25(32)11-12-47-33)13-21-3-6-23(7-4-21)51-29-9-5-22(37(41)42)14-27(29)38(43)44/h3-10,14-15,20,25-26,28,32-33,39H,11-13,16-19H2,1-2H3,(H,35,40)/t25-,26-,28+,32?,33+/m0/s1. The maximum atomic E-state index is 13.9. The van der Waals surface area contributed by atoms with E-state index in [1.54, 1.807) is 12.1 Å². The highest BCUT2D eigenvalue weighted by atomic mass is 32.2. The van der Waals surface area contributed by atoms with Crippen molar-refractivity contribution in [2.24, 2.45) is 11.8 Å². The van der Waals surface area contributed by atoms with Crippen LogP contribution in [0.25, 0.3) is 0 Å². The number of aliphatic hydroxyl groups is 1. The van der Waals surface area contributed by atoms with E-state index >= 15 is 0 Å². The van der Waals surface area contributed by atoms with E-state index in [1.807, 2.05) is 13.8 Å². The molecule has 0 spiro atoms. The molecule has 3 aromatic carbocycles. The number of hydrogen-bond acceptors (Lipinski definition) is 14. The van der Waals surface area contributed by atoms with Crippen molar-refractivity contribution in [2.75, 3.05) is 33.1 Å². The highest BCUT2D eigenvalue weighted by molar-refractivity contribution is 7.89. The van der Waals surface area contributed by atoms with Crippen LogP contribution in [0.15, 0.2) is 65.6 Å². The van der Waals surface area contributed by atoms with Crippen LogP contribution in [0.4, 0.5) is 16.2 Å². The van der Waals surface area contributed by atoms with Gasteiger partial charge in [0, 0.05) is 25.2 Å². The number of carbonyl (C=O) groups is 1. The number of amides is 1. The Kier molecular flexibility index (Phi) is 11.3. The van der Waals surface area contributed by atoms with Crippen molar-refractivity contribution in [3.63, 3.8) is 0 Å². The van der Waals surface area contributed by atoms with Crippen molar-refractivity contribution < 1.29 is 56.6 Å². The molecule has 3 aliphatic heterocycles. The second kappa shape index (κ2) is 15.9. The molecule has 1 unspecified atom stereocenters. The number of non-ortho nitro benzene ring substituents is 1. The van der Waals surface area contributed by atoms with E-state index in [0.717, 1.165) is 22.5 Å². The first-order chi connectivity index (χ1) is 25.3. The van der Waals surface area contributed by atoms with Crippen molar-refractivity contribution in [1.82, 2.24) is 9.62 Å². The summed E-state index contributed by atoms with van der Waals surface area (Å²) in [6.07, 6.45) is -2.67. The molecular weight excluding hydrogens is 720 g/mol. The normalized spacial score (nSPS) is 20.2. The largest absolute Gasteiger partial charge is 0.454 e. The van der Waals surface area contributed by atoms with Gasteiger partial charge < -0.3 is 38.8 Å². The van der Waals surface area contributed by atoms with Crippen LogP contribution >= 0.6 is 0 Å². The monoisotopic (exact) mass is 758 g/mol. The molecule has 1 amide bonds. The number of alkyl carbamates (subject to hydrolysis) is 1. The second-order valence-corrected chi connectivity index (χ2v) is 15.1. The number of nitro groups is 2. The molecule has 0 aliphatic carbocycles. The molecule has 53 heavy (non-hydrogen) atoms. The number of carbonyl (C=O) groups excluding carboxylic acids is 1. The summed E-state index contributed by atoms with van der Waals surface area (Å²) in [4.78, 5) is 34.4. The average molecular weight is 759 g/mol. The van der Waals surface area contributed by atoms with Gasteiger partial charge in [0.25, 0.3) is 5.69 Å². The van der Waals surface area contributed by atoms with Gasteiger partial charge in [-0.1, -0.05) is 26.0 Å². The summed E-state index contributed by atoms with van der Waals surface area (Å²) in [6.45, 7) is 3.90. The van der Waals surface area contributed by atoms with Gasteiger partial charge in [-0.3, -0.25) is 20.2 Å². The smallest absolute Gasteiger partial charge is 0.407 e. The van der Waals surface area contributed by atoms with Crippen molar-refractivity contribution in [3.8, 4) is 23.0 Å². The molecule has 3 aromatic rings. The predicted octanol–water partition coefficient (Wildman–Crippen LogP) is 4.13. The molecule has 19 heteroatoms. The van der Waals surface area contributed by atoms with Gasteiger partial charge in [0.15, 0.2) is 17.8 Å². The zero-order valence-electron chi connectivity index (χ0n) is 28.7. The number of ether oxygens (including phenoxy) is 6. The summed E-state index contributed by atoms with van der Waals surface area (Å²) in [5.41, 5.74) is -0.496. The third-order valence-corrected chi connectivity index (χ3v) is 10.7. The zero-order valence-corrected chi connectivity index (χ0v) is 29.5. The summed E-state index contributed by atoms with van der Waals surface area (Å²) in [6, 6.07) is 12.4. The molecule has 284 valence electrons. The fourth-order valence-electron chi connectivity index (χ4n) is 6.28. The molecule has 0 aromatic heterocycles. The Bertz CT molecular complexity index is 1940. The van der Waals surface area contributed by atoms with E-state index in [9.17, 15) is 38.5 Å². The highest BCUT2D eigenvalue weighted by Crippen LogP contribution is 2.37. The van der Waals surface area contributed by atoms with Crippen LogP contribution < -0.4 is 19.5 Å². The van der Waals surface area contributed by atoms with Crippen LogP contribution in [0.3, 0.4) is 0 Å². The lowest BCUT2D eigenvalue weighted by Gasteiger charge is -2.31. The van der Waals surface area contributed by atoms with Gasteiger partial charge in [-0.25, -0.2) is 13.2 Å². The van der Waals surface area contributed by atoms with Gasteiger partial charge in [0.2, 0.25) is 22.6 Å². The number of nitro benzene ring substituents is 2. The van der Waals surface area contributed by atoms with Gasteiger partial charge in [-0.05, 0) is 54.7 Å². The number of aliphatic hydroxyl groups excluding tert-OH is 1. The first-order valence-electron chi connectivity index (χ1n) is 16.8. The van der Waals surface area contributed by atoms with Crippen LogP contribution in [0.2, 0.25) is 0 Å². The number of sulfonamides is 1. The van der Waals surface area contributed by atoms with E-state index in [4.69, 9.17) is 28.4 Å². The van der Waals surface area contributed by atoms with Crippen molar-refractivity contribution >= 4 is 27.5 Å². The van der Waals surface area contributed by atoms with Gasteiger partial charge in [-0.15, -0.1) is 0 Å². The lowest BCUT2D eigenvalue weighted by molar-refractivity contribution is -0.394. The van der Waals surface area contributed by atoms with E-state index < -0.39 is 68.4 Å². The lowest BCUT2D eigenvalue weighted by atomic mass is 10.0. The van der Waals surface area contributed by atoms with E-state index in [0.29, 0.717) is 24.3 Å². The number of fused-ring (bicyclic) bond motifs is 2. The molecule has 0 saturated carbocycles. The summed E-state index contributed by atoms with van der Waals surface area (Å²) in [5, 5.41) is 37.1. The number of hydrogen-bond donors (Lipinski definition) is 2. The summed E-state index contributed by atoms with van der Waals surface area (Å²) in [7, 11) is -4.17. The van der Waals surface area contributed by atoms with Crippen LogP contribution in [-0.4, -0.2) is 91.4 Å². The van der Waals surface area contributed by atoms with Crippen molar-refractivity contribution in [3.05, 3.63) is 86.5 Å². The van der Waals surface area contributed by atoms with E-state index in [2.05, 4.69) is 5.32 Å². The Morgan fingerprint density at radius 3 is 2.47 bits per heavy atom. The first kappa shape index (κ1) is 37.7.